The van der Waals surface area contributed by atoms with Gasteiger partial charge in [-0.15, -0.1) is 0 Å². The molecule has 0 spiro atoms. The van der Waals surface area contributed by atoms with Gasteiger partial charge in [0.1, 0.15) is 5.75 Å². The number of fused-ring (bicyclic) bond motifs is 1. The van der Waals surface area contributed by atoms with E-state index in [9.17, 15) is 5.11 Å². The Morgan fingerprint density at radius 3 is 2.67 bits per heavy atom. The molecule has 0 aliphatic rings. The molecule has 0 bridgehead atoms. The van der Waals surface area contributed by atoms with Gasteiger partial charge in [0.2, 0.25) is 0 Å². The Bertz CT molecular complexity index is 689. The number of anilines is 2. The Morgan fingerprint density at radius 1 is 0.944 bits per heavy atom. The maximum atomic E-state index is 9.45. The van der Waals surface area contributed by atoms with E-state index in [4.69, 9.17) is 0 Å². The largest absolute Gasteiger partial charge is 0.508 e. The minimum Gasteiger partial charge on any atom is -0.508 e. The molecule has 3 nitrogen and oxygen atoms in total. The Labute approximate surface area is 105 Å². The lowest BCUT2D eigenvalue weighted by Gasteiger charge is -2.09. The zero-order chi connectivity index (χ0) is 12.4. The molecule has 2 N–H and O–H groups in total. The van der Waals surface area contributed by atoms with Crippen LogP contribution >= 0.6 is 0 Å². The van der Waals surface area contributed by atoms with Crippen LogP contribution in [0.2, 0.25) is 0 Å². The van der Waals surface area contributed by atoms with Gasteiger partial charge in [0.25, 0.3) is 0 Å². The molecule has 3 heteroatoms. The van der Waals surface area contributed by atoms with Gasteiger partial charge in [0.05, 0.1) is 11.2 Å². The molecule has 0 unspecified atom stereocenters. The van der Waals surface area contributed by atoms with Crippen LogP contribution in [0.3, 0.4) is 0 Å². The molecular formula is C15H12N2O. The van der Waals surface area contributed by atoms with Crippen molar-refractivity contribution in [2.75, 3.05) is 5.32 Å². The fraction of sp³-hybridized carbons (Fsp3) is 0. The lowest BCUT2D eigenvalue weighted by Crippen LogP contribution is -1.92. The molecular weight excluding hydrogens is 224 g/mol. The van der Waals surface area contributed by atoms with Gasteiger partial charge in [-0.3, -0.25) is 4.98 Å². The molecule has 0 atom stereocenters. The van der Waals surface area contributed by atoms with Crippen LogP contribution in [0.25, 0.3) is 10.9 Å². The summed E-state index contributed by atoms with van der Waals surface area (Å²) in [4.78, 5) is 4.37. The molecule has 0 amide bonds. The van der Waals surface area contributed by atoms with Crippen molar-refractivity contribution in [1.29, 1.82) is 0 Å². The summed E-state index contributed by atoms with van der Waals surface area (Å²) in [5.74, 6) is 0.244. The van der Waals surface area contributed by atoms with Crippen LogP contribution < -0.4 is 5.32 Å². The van der Waals surface area contributed by atoms with Crippen LogP contribution in [0.4, 0.5) is 11.4 Å². The van der Waals surface area contributed by atoms with Crippen LogP contribution in [0.5, 0.6) is 5.75 Å². The normalized spacial score (nSPS) is 10.4. The van der Waals surface area contributed by atoms with E-state index in [-0.39, 0.29) is 5.75 Å². The Kier molecular flexibility index (Phi) is 2.57. The Morgan fingerprint density at radius 2 is 1.78 bits per heavy atom. The third kappa shape index (κ3) is 1.98. The van der Waals surface area contributed by atoms with Gasteiger partial charge in [-0.05, 0) is 24.3 Å². The van der Waals surface area contributed by atoms with Crippen LogP contribution in [0.15, 0.2) is 60.8 Å². The van der Waals surface area contributed by atoms with Gasteiger partial charge >= 0.3 is 0 Å². The highest BCUT2D eigenvalue weighted by Crippen LogP contribution is 2.25. The summed E-state index contributed by atoms with van der Waals surface area (Å²) >= 11 is 0. The number of aromatic hydroxyl groups is 1. The Balaban J connectivity index is 2.05. The maximum Gasteiger partial charge on any atom is 0.117 e. The molecule has 1 heterocycles. The van der Waals surface area contributed by atoms with E-state index >= 15 is 0 Å². The van der Waals surface area contributed by atoms with Gasteiger partial charge < -0.3 is 10.4 Å². The number of nitrogens with one attached hydrogen (secondary N) is 1. The highest BCUT2D eigenvalue weighted by molar-refractivity contribution is 5.91. The fourth-order valence-corrected chi connectivity index (χ4v) is 1.94. The molecule has 0 radical (unpaired) electrons. The summed E-state index contributed by atoms with van der Waals surface area (Å²) < 4.78 is 0. The number of benzene rings is 2. The molecule has 0 saturated carbocycles. The van der Waals surface area contributed by atoms with Gasteiger partial charge in [-0.2, -0.15) is 0 Å². The first kappa shape index (κ1) is 10.6. The van der Waals surface area contributed by atoms with E-state index in [1.807, 2.05) is 36.4 Å². The van der Waals surface area contributed by atoms with Gasteiger partial charge in [-0.25, -0.2) is 0 Å². The first-order valence-corrected chi connectivity index (χ1v) is 5.73. The predicted octanol–water partition coefficient (Wildman–Crippen LogP) is 3.68. The zero-order valence-electron chi connectivity index (χ0n) is 9.67. The highest BCUT2D eigenvalue weighted by Gasteiger charge is 2.02. The highest BCUT2D eigenvalue weighted by atomic mass is 16.3. The van der Waals surface area contributed by atoms with Crippen molar-refractivity contribution >= 4 is 22.3 Å². The summed E-state index contributed by atoms with van der Waals surface area (Å²) in [6, 6.07) is 17.0. The monoisotopic (exact) mass is 236 g/mol. The maximum absolute atomic E-state index is 9.45. The zero-order valence-corrected chi connectivity index (χ0v) is 9.67. The average Bonchev–Trinajstić information content (AvgIpc) is 2.39. The predicted molar refractivity (Wildman–Crippen MR) is 73.1 cm³/mol. The van der Waals surface area contributed by atoms with Crippen molar-refractivity contribution in [3.05, 3.63) is 60.8 Å². The number of aromatic nitrogens is 1. The number of rotatable bonds is 2. The van der Waals surface area contributed by atoms with E-state index in [1.165, 1.54) is 0 Å². The third-order valence-electron chi connectivity index (χ3n) is 2.76. The summed E-state index contributed by atoms with van der Waals surface area (Å²) in [5.41, 5.74) is 2.69. The first-order valence-electron chi connectivity index (χ1n) is 5.73. The lowest BCUT2D eigenvalue weighted by atomic mass is 10.2. The second kappa shape index (κ2) is 4.37. The minimum absolute atomic E-state index is 0.244. The number of phenolic OH excluding ortho intramolecular Hbond substituents is 1. The van der Waals surface area contributed by atoms with Gasteiger partial charge in [-0.1, -0.05) is 24.3 Å². The van der Waals surface area contributed by atoms with Crippen molar-refractivity contribution in [2.45, 2.75) is 0 Å². The second-order valence-electron chi connectivity index (χ2n) is 4.06. The molecule has 2 aromatic carbocycles. The number of phenols is 1. The summed E-state index contributed by atoms with van der Waals surface area (Å²) in [6.07, 6.45) is 1.77. The van der Waals surface area contributed by atoms with Crippen LogP contribution in [0, 0.1) is 0 Å². The standard InChI is InChI=1S/C15H12N2O/c18-13-7-2-6-12(10-13)17-14-8-1-4-11-5-3-9-16-15(11)14/h1-10,17-18H. The summed E-state index contributed by atoms with van der Waals surface area (Å²) in [6.45, 7) is 0. The third-order valence-corrected chi connectivity index (χ3v) is 2.76. The van der Waals surface area contributed by atoms with Crippen LogP contribution in [0.1, 0.15) is 0 Å². The van der Waals surface area contributed by atoms with Crippen molar-refractivity contribution in [3.8, 4) is 5.75 Å². The quantitative estimate of drug-likeness (QED) is 0.713. The second-order valence-corrected chi connectivity index (χ2v) is 4.06. The summed E-state index contributed by atoms with van der Waals surface area (Å²) in [7, 11) is 0. The molecule has 0 saturated heterocycles. The Hall–Kier alpha value is -2.55. The van der Waals surface area contributed by atoms with Crippen molar-refractivity contribution in [2.24, 2.45) is 0 Å². The van der Waals surface area contributed by atoms with Crippen molar-refractivity contribution in [1.82, 2.24) is 4.98 Å². The number of nitrogens with zero attached hydrogens (tertiary/aromatic N) is 1. The molecule has 18 heavy (non-hydrogen) atoms. The van der Waals surface area contributed by atoms with E-state index < -0.39 is 0 Å². The number of hydrogen-bond donors (Lipinski definition) is 2. The molecule has 0 aliphatic heterocycles. The van der Waals surface area contributed by atoms with Gasteiger partial charge in [0, 0.05) is 23.3 Å². The number of pyridine rings is 1. The lowest BCUT2D eigenvalue weighted by molar-refractivity contribution is 0.475. The van der Waals surface area contributed by atoms with Crippen molar-refractivity contribution in [3.63, 3.8) is 0 Å². The first-order chi connectivity index (χ1) is 8.83. The number of para-hydroxylation sites is 1. The topological polar surface area (TPSA) is 45.1 Å². The van der Waals surface area contributed by atoms with Crippen molar-refractivity contribution < 1.29 is 5.11 Å². The molecule has 0 aliphatic carbocycles. The van der Waals surface area contributed by atoms with E-state index in [0.717, 1.165) is 22.3 Å². The molecule has 3 aromatic rings. The van der Waals surface area contributed by atoms with E-state index in [0.29, 0.717) is 0 Å². The van der Waals surface area contributed by atoms with Crippen LogP contribution in [-0.4, -0.2) is 10.1 Å². The summed E-state index contributed by atoms with van der Waals surface area (Å²) in [5, 5.41) is 13.8. The molecule has 0 fully saturated rings. The fourth-order valence-electron chi connectivity index (χ4n) is 1.94. The van der Waals surface area contributed by atoms with E-state index in [2.05, 4.69) is 10.3 Å². The van der Waals surface area contributed by atoms with Gasteiger partial charge in [0.15, 0.2) is 0 Å². The average molecular weight is 236 g/mol. The molecule has 1 aromatic heterocycles. The minimum atomic E-state index is 0.244. The molecule has 3 rings (SSSR count). The number of hydrogen-bond acceptors (Lipinski definition) is 3. The van der Waals surface area contributed by atoms with Crippen LogP contribution in [-0.2, 0) is 0 Å². The smallest absolute Gasteiger partial charge is 0.117 e. The SMILES string of the molecule is Oc1cccc(Nc2cccc3cccnc23)c1. The van der Waals surface area contributed by atoms with E-state index in [1.54, 1.807) is 24.4 Å². The molecule has 88 valence electrons.